The molecule has 0 aliphatic heterocycles. The molecule has 0 aliphatic carbocycles. The quantitative estimate of drug-likeness (QED) is 0.511. The summed E-state index contributed by atoms with van der Waals surface area (Å²) in [6.07, 6.45) is 13.6. The third kappa shape index (κ3) is 6.53. The minimum Gasteiger partial charge on any atom is -0.467 e. The second-order valence-corrected chi connectivity index (χ2v) is 5.37. The standard InChI is InChI=1S/C23H26O/c1-7-11-22(18(3)8-2)16-14-20(5)24-21(6)15-17-23-13-10-9-12-19(23)4/h7-17H,2-4H2,1,5-6H3/b11-7-,20-14+,21-15+,22-16-,23-17-. The molecule has 0 aliphatic rings. The normalized spacial score (nSPS) is 14.1. The van der Waals surface area contributed by atoms with Gasteiger partial charge in [-0.15, -0.1) is 0 Å². The van der Waals surface area contributed by atoms with E-state index in [0.29, 0.717) is 0 Å². The second kappa shape index (κ2) is 10.1. The molecule has 124 valence electrons. The summed E-state index contributed by atoms with van der Waals surface area (Å²) in [6.45, 7) is 17.6. The Morgan fingerprint density at radius 1 is 1.04 bits per heavy atom. The van der Waals surface area contributed by atoms with Crippen molar-refractivity contribution in [2.24, 2.45) is 0 Å². The Morgan fingerprint density at radius 2 is 1.71 bits per heavy atom. The molecule has 0 N–H and O–H groups in total. The number of rotatable bonds is 7. The van der Waals surface area contributed by atoms with Crippen molar-refractivity contribution >= 4 is 12.7 Å². The fourth-order valence-electron chi connectivity index (χ4n) is 2.00. The maximum Gasteiger partial charge on any atom is 0.100 e. The average molecular weight is 318 g/mol. The summed E-state index contributed by atoms with van der Waals surface area (Å²) in [7, 11) is 0. The summed E-state index contributed by atoms with van der Waals surface area (Å²) >= 11 is 0. The lowest BCUT2D eigenvalue weighted by Gasteiger charge is -2.05. The zero-order valence-electron chi connectivity index (χ0n) is 14.9. The van der Waals surface area contributed by atoms with Gasteiger partial charge in [0.1, 0.15) is 11.5 Å². The summed E-state index contributed by atoms with van der Waals surface area (Å²) < 4.78 is 5.80. The Balaban J connectivity index is 2.91. The van der Waals surface area contributed by atoms with Crippen LogP contribution in [0, 0.1) is 0 Å². The van der Waals surface area contributed by atoms with Crippen molar-refractivity contribution in [2.75, 3.05) is 0 Å². The van der Waals surface area contributed by atoms with Gasteiger partial charge in [0.25, 0.3) is 0 Å². The topological polar surface area (TPSA) is 9.23 Å². The zero-order chi connectivity index (χ0) is 17.9. The van der Waals surface area contributed by atoms with E-state index in [1.54, 1.807) is 6.08 Å². The minimum atomic E-state index is 0.805. The van der Waals surface area contributed by atoms with Gasteiger partial charge in [-0.3, -0.25) is 0 Å². The Labute approximate surface area is 145 Å². The highest BCUT2D eigenvalue weighted by Gasteiger charge is 1.95. The van der Waals surface area contributed by atoms with Gasteiger partial charge in [-0.2, -0.15) is 0 Å². The van der Waals surface area contributed by atoms with Crippen LogP contribution in [0.4, 0.5) is 0 Å². The molecule has 0 saturated heterocycles. The third-order valence-corrected chi connectivity index (χ3v) is 3.34. The Morgan fingerprint density at radius 3 is 2.33 bits per heavy atom. The van der Waals surface area contributed by atoms with Crippen LogP contribution in [0.5, 0.6) is 0 Å². The Bertz CT molecular complexity index is 814. The van der Waals surface area contributed by atoms with E-state index in [1.807, 2.05) is 81.5 Å². The predicted molar refractivity (Wildman–Crippen MR) is 107 cm³/mol. The van der Waals surface area contributed by atoms with E-state index in [1.165, 1.54) is 0 Å². The van der Waals surface area contributed by atoms with Crippen LogP contribution in [0.1, 0.15) is 20.8 Å². The van der Waals surface area contributed by atoms with Crippen LogP contribution in [0.25, 0.3) is 12.7 Å². The van der Waals surface area contributed by atoms with Gasteiger partial charge in [-0.1, -0.05) is 74.4 Å². The largest absolute Gasteiger partial charge is 0.467 e. The summed E-state index contributed by atoms with van der Waals surface area (Å²) in [4.78, 5) is 0. The maximum absolute atomic E-state index is 5.80. The maximum atomic E-state index is 5.80. The molecule has 0 radical (unpaired) electrons. The van der Waals surface area contributed by atoms with Crippen LogP contribution in [0.3, 0.4) is 0 Å². The van der Waals surface area contributed by atoms with E-state index in [0.717, 1.165) is 33.1 Å². The van der Waals surface area contributed by atoms with Gasteiger partial charge in [0.05, 0.1) is 0 Å². The van der Waals surface area contributed by atoms with Gasteiger partial charge in [-0.05, 0) is 54.5 Å². The van der Waals surface area contributed by atoms with E-state index in [-0.39, 0.29) is 0 Å². The first kappa shape index (κ1) is 19.2. The van der Waals surface area contributed by atoms with Crippen molar-refractivity contribution in [1.29, 1.82) is 0 Å². The Kier molecular flexibility index (Phi) is 8.07. The van der Waals surface area contributed by atoms with Crippen LogP contribution in [-0.4, -0.2) is 0 Å². The fraction of sp³-hybridized carbons (Fsp3) is 0.130. The molecule has 0 spiro atoms. The molecule has 24 heavy (non-hydrogen) atoms. The second-order valence-electron chi connectivity index (χ2n) is 5.37. The van der Waals surface area contributed by atoms with Crippen LogP contribution in [0.2, 0.25) is 0 Å². The molecule has 1 heteroatoms. The van der Waals surface area contributed by atoms with E-state index in [2.05, 4.69) is 19.7 Å². The molecule has 1 aromatic carbocycles. The summed E-state index contributed by atoms with van der Waals surface area (Å²) in [5.74, 6) is 1.62. The SMILES string of the molecule is C=CC(=C)C(/C=C\C)=C\C=C(/C)O/C(C)=C/C=c1/ccccc1=C. The van der Waals surface area contributed by atoms with Crippen molar-refractivity contribution in [2.45, 2.75) is 20.8 Å². The van der Waals surface area contributed by atoms with Gasteiger partial charge >= 0.3 is 0 Å². The highest BCUT2D eigenvalue weighted by Crippen LogP contribution is 2.12. The highest BCUT2D eigenvalue weighted by atomic mass is 16.5. The summed E-state index contributed by atoms with van der Waals surface area (Å²) in [6, 6.07) is 7.99. The lowest BCUT2D eigenvalue weighted by molar-refractivity contribution is 0.310. The van der Waals surface area contributed by atoms with E-state index in [4.69, 9.17) is 4.74 Å². The Hall–Kier alpha value is -2.80. The van der Waals surface area contributed by atoms with Gasteiger partial charge in [-0.25, -0.2) is 0 Å². The monoisotopic (exact) mass is 318 g/mol. The van der Waals surface area contributed by atoms with Crippen LogP contribution in [0.15, 0.2) is 96.5 Å². The van der Waals surface area contributed by atoms with Gasteiger partial charge in [0, 0.05) is 0 Å². The van der Waals surface area contributed by atoms with Crippen molar-refractivity contribution in [3.63, 3.8) is 0 Å². The van der Waals surface area contributed by atoms with E-state index < -0.39 is 0 Å². The van der Waals surface area contributed by atoms with Crippen molar-refractivity contribution in [1.82, 2.24) is 0 Å². The lowest BCUT2D eigenvalue weighted by atomic mass is 10.1. The average Bonchev–Trinajstić information content (AvgIpc) is 2.57. The third-order valence-electron chi connectivity index (χ3n) is 3.34. The molecule has 0 amide bonds. The molecule has 0 aromatic heterocycles. The number of allylic oxidation sites excluding steroid dienone is 10. The summed E-state index contributed by atoms with van der Waals surface area (Å²) in [5, 5.41) is 2.08. The minimum absolute atomic E-state index is 0.805. The van der Waals surface area contributed by atoms with Gasteiger partial charge < -0.3 is 4.74 Å². The highest BCUT2D eigenvalue weighted by molar-refractivity contribution is 5.45. The first-order valence-electron chi connectivity index (χ1n) is 7.91. The number of ether oxygens (including phenoxy) is 1. The van der Waals surface area contributed by atoms with E-state index in [9.17, 15) is 0 Å². The van der Waals surface area contributed by atoms with Crippen LogP contribution < -0.4 is 10.4 Å². The lowest BCUT2D eigenvalue weighted by Crippen LogP contribution is -2.21. The molecule has 0 heterocycles. The first-order valence-corrected chi connectivity index (χ1v) is 7.91. The van der Waals surface area contributed by atoms with Crippen LogP contribution >= 0.6 is 0 Å². The molecule has 0 fully saturated rings. The first-order chi connectivity index (χ1) is 11.5. The number of hydrogen-bond donors (Lipinski definition) is 0. The number of benzene rings is 1. The molecule has 1 rings (SSSR count). The van der Waals surface area contributed by atoms with Crippen molar-refractivity contribution in [3.8, 4) is 0 Å². The fourth-order valence-corrected chi connectivity index (χ4v) is 2.00. The van der Waals surface area contributed by atoms with Crippen molar-refractivity contribution in [3.05, 3.63) is 107 Å². The number of hydrogen-bond acceptors (Lipinski definition) is 1. The zero-order valence-corrected chi connectivity index (χ0v) is 14.9. The molecule has 0 saturated carbocycles. The van der Waals surface area contributed by atoms with Crippen LogP contribution in [-0.2, 0) is 4.74 Å². The smallest absolute Gasteiger partial charge is 0.100 e. The summed E-state index contributed by atoms with van der Waals surface area (Å²) in [5.41, 5.74) is 1.89. The van der Waals surface area contributed by atoms with E-state index >= 15 is 0 Å². The van der Waals surface area contributed by atoms with Gasteiger partial charge in [0.15, 0.2) is 0 Å². The molecule has 1 nitrogen and oxygen atoms in total. The predicted octanol–water partition coefficient (Wildman–Crippen LogP) is 4.95. The van der Waals surface area contributed by atoms with Crippen molar-refractivity contribution < 1.29 is 4.74 Å². The molecule has 0 unspecified atom stereocenters. The van der Waals surface area contributed by atoms with Gasteiger partial charge in [0.2, 0.25) is 0 Å². The molecule has 0 bridgehead atoms. The molecule has 0 atom stereocenters. The molecular formula is C23H26O. The molecular weight excluding hydrogens is 292 g/mol. The molecule has 1 aromatic rings.